The van der Waals surface area contributed by atoms with Crippen LogP contribution in [0.2, 0.25) is 0 Å². The van der Waals surface area contributed by atoms with Gasteiger partial charge in [-0.05, 0) is 79.6 Å². The number of imide groups is 1. The molecule has 2 saturated heterocycles. The van der Waals surface area contributed by atoms with Gasteiger partial charge in [-0.25, -0.2) is 0 Å². The van der Waals surface area contributed by atoms with Crippen molar-refractivity contribution in [3.8, 4) is 5.75 Å². The summed E-state index contributed by atoms with van der Waals surface area (Å²) in [5.74, 6) is 0.366. The fraction of sp³-hybridized carbons (Fsp3) is 0.471. The third-order valence-corrected chi connectivity index (χ3v) is 9.59. The number of pyridine rings is 1. The Bertz CT molecular complexity index is 1570. The second kappa shape index (κ2) is 11.7. The number of fused-ring (bicyclic) bond motifs is 2. The Hall–Kier alpha value is -3.82. The summed E-state index contributed by atoms with van der Waals surface area (Å²) in [4.78, 5) is 45.9. The lowest BCUT2D eigenvalue weighted by Gasteiger charge is -2.29. The molecule has 43 heavy (non-hydrogen) atoms. The van der Waals surface area contributed by atoms with E-state index in [0.29, 0.717) is 30.6 Å². The van der Waals surface area contributed by atoms with Crippen LogP contribution in [-0.4, -0.2) is 71.0 Å². The molecule has 4 atom stereocenters. The molecule has 0 spiro atoms. The van der Waals surface area contributed by atoms with E-state index in [1.54, 1.807) is 11.0 Å². The van der Waals surface area contributed by atoms with Gasteiger partial charge >= 0.3 is 0 Å². The predicted molar refractivity (Wildman–Crippen MR) is 161 cm³/mol. The Morgan fingerprint density at radius 1 is 0.977 bits per heavy atom. The first kappa shape index (κ1) is 28.0. The number of carbonyl (C=O) groups is 3. The van der Waals surface area contributed by atoms with Gasteiger partial charge in [0.1, 0.15) is 17.9 Å². The van der Waals surface area contributed by atoms with Crippen LogP contribution < -0.4 is 10.1 Å². The SMILES string of the molecule is CO[C@@H]1CCC[C@@H](c2ccc3cc(CN4CC[C@H](Oc5ccc6c(c5)CN(C5CCC(=O)NC5=O)C6=O)C4)ccc3n2)C1. The van der Waals surface area contributed by atoms with Crippen LogP contribution in [0.5, 0.6) is 5.75 Å². The highest BCUT2D eigenvalue weighted by atomic mass is 16.5. The van der Waals surface area contributed by atoms with Crippen LogP contribution in [0.15, 0.2) is 48.5 Å². The number of carbonyl (C=O) groups excluding carboxylic acids is 3. The number of nitrogens with zero attached hydrogens (tertiary/aromatic N) is 3. The van der Waals surface area contributed by atoms with E-state index in [9.17, 15) is 14.4 Å². The number of nitrogens with one attached hydrogen (secondary N) is 1. The summed E-state index contributed by atoms with van der Waals surface area (Å²) in [7, 11) is 1.81. The number of methoxy groups -OCH3 is 1. The van der Waals surface area contributed by atoms with Gasteiger partial charge in [0.25, 0.3) is 5.91 Å². The van der Waals surface area contributed by atoms with Gasteiger partial charge in [0.2, 0.25) is 11.8 Å². The number of rotatable bonds is 7. The minimum absolute atomic E-state index is 0.0671. The van der Waals surface area contributed by atoms with Gasteiger partial charge in [-0.15, -0.1) is 0 Å². The van der Waals surface area contributed by atoms with Crippen LogP contribution in [0.25, 0.3) is 10.9 Å². The first-order valence-electron chi connectivity index (χ1n) is 15.5. The van der Waals surface area contributed by atoms with Gasteiger partial charge in [0.15, 0.2) is 0 Å². The maximum atomic E-state index is 13.0. The van der Waals surface area contributed by atoms with Crippen LogP contribution >= 0.6 is 0 Å². The molecule has 3 aromatic rings. The molecule has 0 radical (unpaired) electrons. The molecule has 3 amide bonds. The molecule has 3 fully saturated rings. The van der Waals surface area contributed by atoms with Crippen molar-refractivity contribution < 1.29 is 23.9 Å². The highest BCUT2D eigenvalue weighted by molar-refractivity contribution is 6.05. The summed E-state index contributed by atoms with van der Waals surface area (Å²) in [5, 5.41) is 3.53. The van der Waals surface area contributed by atoms with Crippen molar-refractivity contribution in [2.45, 2.75) is 82.2 Å². The van der Waals surface area contributed by atoms with Crippen molar-refractivity contribution >= 4 is 28.6 Å². The molecule has 9 nitrogen and oxygen atoms in total. The summed E-state index contributed by atoms with van der Waals surface area (Å²) in [6, 6.07) is 16.0. The summed E-state index contributed by atoms with van der Waals surface area (Å²) >= 11 is 0. The smallest absolute Gasteiger partial charge is 0.255 e. The Labute approximate surface area is 251 Å². The van der Waals surface area contributed by atoms with E-state index in [0.717, 1.165) is 55.7 Å². The number of likely N-dealkylation sites (tertiary alicyclic amines) is 1. The molecule has 1 aromatic heterocycles. The van der Waals surface area contributed by atoms with E-state index in [1.807, 2.05) is 19.2 Å². The molecule has 1 aliphatic carbocycles. The van der Waals surface area contributed by atoms with Crippen molar-refractivity contribution in [2.75, 3.05) is 20.2 Å². The lowest BCUT2D eigenvalue weighted by atomic mass is 9.84. The lowest BCUT2D eigenvalue weighted by Crippen LogP contribution is -2.52. The van der Waals surface area contributed by atoms with E-state index in [-0.39, 0.29) is 24.3 Å². The number of hydrogen-bond donors (Lipinski definition) is 1. The second-order valence-electron chi connectivity index (χ2n) is 12.5. The summed E-state index contributed by atoms with van der Waals surface area (Å²) in [6.07, 6.45) is 6.51. The Kier molecular flexibility index (Phi) is 7.61. The predicted octanol–water partition coefficient (Wildman–Crippen LogP) is 4.32. The first-order valence-corrected chi connectivity index (χ1v) is 15.5. The van der Waals surface area contributed by atoms with Crippen LogP contribution in [0, 0.1) is 0 Å². The fourth-order valence-corrected chi connectivity index (χ4v) is 7.26. The molecule has 3 aliphatic heterocycles. The first-order chi connectivity index (χ1) is 20.9. The standard InChI is InChI=1S/C34H38N4O5/c1-42-25-4-2-3-22(16-25)30-10-6-23-15-21(5-9-29(23)35-30)18-37-14-13-27(20-37)43-26-7-8-28-24(17-26)19-38(34(28)41)31-11-12-32(39)36-33(31)40/h5-10,15,17,22,25,27,31H,2-4,11-14,16,18-20H2,1H3,(H,36,39,40)/t22-,25-,27+,31?/m1/s1. The monoisotopic (exact) mass is 582 g/mol. The third-order valence-electron chi connectivity index (χ3n) is 9.59. The number of piperidine rings is 1. The van der Waals surface area contributed by atoms with Crippen LogP contribution in [0.1, 0.15) is 78.0 Å². The maximum Gasteiger partial charge on any atom is 0.255 e. The summed E-state index contributed by atoms with van der Waals surface area (Å²) in [6.45, 7) is 2.99. The van der Waals surface area contributed by atoms with E-state index >= 15 is 0 Å². The molecular weight excluding hydrogens is 544 g/mol. The quantitative estimate of drug-likeness (QED) is 0.414. The van der Waals surface area contributed by atoms with E-state index < -0.39 is 11.9 Å². The van der Waals surface area contributed by atoms with Gasteiger partial charge in [-0.1, -0.05) is 18.6 Å². The zero-order chi connectivity index (χ0) is 29.5. The lowest BCUT2D eigenvalue weighted by molar-refractivity contribution is -0.136. The van der Waals surface area contributed by atoms with Crippen LogP contribution in [0.3, 0.4) is 0 Å². The van der Waals surface area contributed by atoms with Crippen molar-refractivity contribution in [3.05, 3.63) is 70.9 Å². The minimum atomic E-state index is -0.612. The van der Waals surface area contributed by atoms with Crippen LogP contribution in [0.4, 0.5) is 0 Å². The van der Waals surface area contributed by atoms with Gasteiger partial charge in [-0.2, -0.15) is 0 Å². The molecule has 1 unspecified atom stereocenters. The Morgan fingerprint density at radius 3 is 2.74 bits per heavy atom. The van der Waals surface area contributed by atoms with Gasteiger partial charge in [-0.3, -0.25) is 29.6 Å². The number of benzene rings is 2. The molecule has 1 saturated carbocycles. The van der Waals surface area contributed by atoms with E-state index in [1.165, 1.54) is 29.5 Å². The molecule has 9 heteroatoms. The molecule has 4 aliphatic rings. The topological polar surface area (TPSA) is 101 Å². The molecule has 7 rings (SSSR count). The molecule has 0 bridgehead atoms. The molecule has 4 heterocycles. The van der Waals surface area contributed by atoms with E-state index in [2.05, 4.69) is 40.5 Å². The molecule has 224 valence electrons. The zero-order valence-corrected chi connectivity index (χ0v) is 24.6. The fourth-order valence-electron chi connectivity index (χ4n) is 7.26. The Balaban J connectivity index is 0.953. The maximum absolute atomic E-state index is 13.0. The zero-order valence-electron chi connectivity index (χ0n) is 24.6. The average Bonchev–Trinajstić information content (AvgIpc) is 3.59. The van der Waals surface area contributed by atoms with Crippen molar-refractivity contribution in [3.63, 3.8) is 0 Å². The van der Waals surface area contributed by atoms with Gasteiger partial charge in [0, 0.05) is 62.3 Å². The van der Waals surface area contributed by atoms with Gasteiger partial charge in [0.05, 0.1) is 11.6 Å². The third kappa shape index (κ3) is 5.76. The summed E-state index contributed by atoms with van der Waals surface area (Å²) in [5.41, 5.74) is 4.96. The highest BCUT2D eigenvalue weighted by Gasteiger charge is 2.39. The number of ether oxygens (including phenoxy) is 2. The second-order valence-corrected chi connectivity index (χ2v) is 12.5. The normalized spacial score (nSPS) is 26.2. The van der Waals surface area contributed by atoms with Crippen molar-refractivity contribution in [1.29, 1.82) is 0 Å². The average molecular weight is 583 g/mol. The highest BCUT2D eigenvalue weighted by Crippen LogP contribution is 2.34. The van der Waals surface area contributed by atoms with Gasteiger partial charge < -0.3 is 14.4 Å². The van der Waals surface area contributed by atoms with Crippen molar-refractivity contribution in [1.82, 2.24) is 20.1 Å². The molecular formula is C34H38N4O5. The molecule has 1 N–H and O–H groups in total. The largest absolute Gasteiger partial charge is 0.489 e. The molecule has 2 aromatic carbocycles. The van der Waals surface area contributed by atoms with Crippen LogP contribution in [-0.2, 0) is 27.4 Å². The Morgan fingerprint density at radius 2 is 1.88 bits per heavy atom. The summed E-state index contributed by atoms with van der Waals surface area (Å²) < 4.78 is 12.0. The number of hydrogen-bond acceptors (Lipinski definition) is 7. The minimum Gasteiger partial charge on any atom is -0.489 e. The number of aromatic nitrogens is 1. The number of amides is 3. The van der Waals surface area contributed by atoms with Crippen molar-refractivity contribution in [2.24, 2.45) is 0 Å². The van der Waals surface area contributed by atoms with E-state index in [4.69, 9.17) is 14.5 Å².